The SMILES string of the molecule is Cc1ccccc1NC(=O)[C@@H]1CC[C@H](c2ccccc2)N(S(=O)(=O)c2ccccc2)C1. The topological polar surface area (TPSA) is 66.5 Å². The van der Waals surface area contributed by atoms with Crippen LogP contribution in [0.2, 0.25) is 0 Å². The van der Waals surface area contributed by atoms with Gasteiger partial charge in [-0.25, -0.2) is 8.42 Å². The molecule has 1 aliphatic rings. The van der Waals surface area contributed by atoms with Crippen molar-refractivity contribution in [1.82, 2.24) is 4.31 Å². The first-order valence-corrected chi connectivity index (χ1v) is 11.9. The Hall–Kier alpha value is -2.96. The Kier molecular flexibility index (Phi) is 6.20. The summed E-state index contributed by atoms with van der Waals surface area (Å²) in [6, 6.07) is 25.4. The number of carbonyl (C=O) groups is 1. The summed E-state index contributed by atoms with van der Waals surface area (Å²) in [6.07, 6.45) is 1.21. The first-order valence-electron chi connectivity index (χ1n) is 10.4. The Bertz CT molecular complexity index is 1150. The van der Waals surface area contributed by atoms with Gasteiger partial charge in [0.1, 0.15) is 0 Å². The van der Waals surface area contributed by atoms with Gasteiger partial charge in [-0.3, -0.25) is 4.79 Å². The number of aryl methyl sites for hydroxylation is 1. The molecule has 1 fully saturated rings. The van der Waals surface area contributed by atoms with E-state index in [1.807, 2.05) is 61.5 Å². The Balaban J connectivity index is 1.64. The van der Waals surface area contributed by atoms with E-state index < -0.39 is 15.9 Å². The van der Waals surface area contributed by atoms with E-state index in [0.29, 0.717) is 12.8 Å². The van der Waals surface area contributed by atoms with Crippen LogP contribution in [0.1, 0.15) is 30.0 Å². The van der Waals surface area contributed by atoms with Crippen LogP contribution in [0.15, 0.2) is 89.8 Å². The lowest BCUT2D eigenvalue weighted by molar-refractivity contribution is -0.121. The lowest BCUT2D eigenvalue weighted by Crippen LogP contribution is -2.45. The number of para-hydroxylation sites is 1. The van der Waals surface area contributed by atoms with Crippen LogP contribution in [0.25, 0.3) is 0 Å². The molecule has 5 nitrogen and oxygen atoms in total. The van der Waals surface area contributed by atoms with Crippen molar-refractivity contribution < 1.29 is 13.2 Å². The van der Waals surface area contributed by atoms with Gasteiger partial charge in [-0.15, -0.1) is 0 Å². The maximum Gasteiger partial charge on any atom is 0.243 e. The number of hydrogen-bond donors (Lipinski definition) is 1. The zero-order chi connectivity index (χ0) is 21.8. The molecule has 1 aliphatic heterocycles. The molecule has 0 aliphatic carbocycles. The molecule has 0 saturated carbocycles. The third-order valence-electron chi connectivity index (χ3n) is 5.84. The number of amides is 1. The highest BCUT2D eigenvalue weighted by Crippen LogP contribution is 2.37. The summed E-state index contributed by atoms with van der Waals surface area (Å²) in [5, 5.41) is 2.99. The molecule has 0 spiro atoms. The number of nitrogens with zero attached hydrogens (tertiary/aromatic N) is 1. The van der Waals surface area contributed by atoms with Crippen LogP contribution in [0, 0.1) is 12.8 Å². The second-order valence-electron chi connectivity index (χ2n) is 7.89. The minimum absolute atomic E-state index is 0.144. The van der Waals surface area contributed by atoms with Crippen LogP contribution in [-0.2, 0) is 14.8 Å². The number of sulfonamides is 1. The molecular weight excluding hydrogens is 408 g/mol. The molecule has 31 heavy (non-hydrogen) atoms. The van der Waals surface area contributed by atoms with Crippen molar-refractivity contribution in [2.75, 3.05) is 11.9 Å². The van der Waals surface area contributed by atoms with Crippen LogP contribution in [0.4, 0.5) is 5.69 Å². The van der Waals surface area contributed by atoms with E-state index in [-0.39, 0.29) is 23.4 Å². The molecule has 2 atom stereocenters. The molecule has 160 valence electrons. The minimum atomic E-state index is -3.75. The second kappa shape index (κ2) is 9.04. The average Bonchev–Trinajstić information content (AvgIpc) is 2.81. The number of nitrogens with one attached hydrogen (secondary N) is 1. The predicted octanol–water partition coefficient (Wildman–Crippen LogP) is 4.78. The van der Waals surface area contributed by atoms with Gasteiger partial charge in [-0.1, -0.05) is 66.7 Å². The fourth-order valence-electron chi connectivity index (χ4n) is 4.10. The highest BCUT2D eigenvalue weighted by atomic mass is 32.2. The van der Waals surface area contributed by atoms with Gasteiger partial charge >= 0.3 is 0 Å². The molecule has 3 aromatic carbocycles. The van der Waals surface area contributed by atoms with E-state index in [0.717, 1.165) is 16.8 Å². The molecule has 3 aromatic rings. The Morgan fingerprint density at radius 2 is 1.48 bits per heavy atom. The van der Waals surface area contributed by atoms with Gasteiger partial charge in [0.05, 0.1) is 16.9 Å². The molecule has 4 rings (SSSR count). The molecule has 1 saturated heterocycles. The van der Waals surface area contributed by atoms with Gasteiger partial charge in [0.25, 0.3) is 0 Å². The largest absolute Gasteiger partial charge is 0.326 e. The molecule has 0 unspecified atom stereocenters. The molecule has 0 radical (unpaired) electrons. The number of anilines is 1. The summed E-state index contributed by atoms with van der Waals surface area (Å²) >= 11 is 0. The Labute approximate surface area is 183 Å². The maximum absolute atomic E-state index is 13.5. The van der Waals surface area contributed by atoms with E-state index in [9.17, 15) is 13.2 Å². The monoisotopic (exact) mass is 434 g/mol. The van der Waals surface area contributed by atoms with Crippen molar-refractivity contribution in [1.29, 1.82) is 0 Å². The van der Waals surface area contributed by atoms with E-state index in [2.05, 4.69) is 5.32 Å². The Morgan fingerprint density at radius 1 is 0.871 bits per heavy atom. The van der Waals surface area contributed by atoms with Gasteiger partial charge < -0.3 is 5.32 Å². The van der Waals surface area contributed by atoms with E-state index in [1.165, 1.54) is 4.31 Å². The molecule has 1 N–H and O–H groups in total. The quantitative estimate of drug-likeness (QED) is 0.629. The van der Waals surface area contributed by atoms with Gasteiger partial charge in [0, 0.05) is 12.2 Å². The van der Waals surface area contributed by atoms with Gasteiger partial charge in [0.15, 0.2) is 0 Å². The fraction of sp³-hybridized carbons (Fsp3) is 0.240. The number of benzene rings is 3. The summed E-state index contributed by atoms with van der Waals surface area (Å²) in [7, 11) is -3.75. The third-order valence-corrected chi connectivity index (χ3v) is 7.73. The zero-order valence-electron chi connectivity index (χ0n) is 17.4. The second-order valence-corrected chi connectivity index (χ2v) is 9.78. The molecular formula is C25H26N2O3S. The number of rotatable bonds is 5. The third kappa shape index (κ3) is 4.55. The van der Waals surface area contributed by atoms with E-state index >= 15 is 0 Å². The smallest absolute Gasteiger partial charge is 0.243 e. The van der Waals surface area contributed by atoms with Crippen LogP contribution < -0.4 is 5.32 Å². The van der Waals surface area contributed by atoms with Gasteiger partial charge in [-0.05, 0) is 49.1 Å². The summed E-state index contributed by atoms with van der Waals surface area (Å²) in [5.74, 6) is -0.563. The summed E-state index contributed by atoms with van der Waals surface area (Å²) < 4.78 is 28.6. The van der Waals surface area contributed by atoms with Gasteiger partial charge in [0.2, 0.25) is 15.9 Å². The zero-order valence-corrected chi connectivity index (χ0v) is 18.3. The molecule has 1 heterocycles. The number of carbonyl (C=O) groups excluding carboxylic acids is 1. The Morgan fingerprint density at radius 3 is 2.16 bits per heavy atom. The van der Waals surface area contributed by atoms with Crippen molar-refractivity contribution in [3.8, 4) is 0 Å². The van der Waals surface area contributed by atoms with Crippen molar-refractivity contribution in [3.05, 3.63) is 96.1 Å². The average molecular weight is 435 g/mol. The molecule has 6 heteroatoms. The van der Waals surface area contributed by atoms with Crippen LogP contribution >= 0.6 is 0 Å². The van der Waals surface area contributed by atoms with Gasteiger partial charge in [-0.2, -0.15) is 4.31 Å². The van der Waals surface area contributed by atoms with E-state index in [4.69, 9.17) is 0 Å². The molecule has 1 amide bonds. The van der Waals surface area contributed by atoms with Crippen LogP contribution in [0.5, 0.6) is 0 Å². The number of hydrogen-bond acceptors (Lipinski definition) is 3. The highest BCUT2D eigenvalue weighted by Gasteiger charge is 2.40. The fourth-order valence-corrected chi connectivity index (χ4v) is 5.81. The first-order chi connectivity index (χ1) is 15.0. The van der Waals surface area contributed by atoms with E-state index in [1.54, 1.807) is 30.3 Å². The van der Waals surface area contributed by atoms with Crippen molar-refractivity contribution >= 4 is 21.6 Å². The summed E-state index contributed by atoms with van der Waals surface area (Å²) in [6.45, 7) is 2.09. The highest BCUT2D eigenvalue weighted by molar-refractivity contribution is 7.89. The predicted molar refractivity (Wildman–Crippen MR) is 122 cm³/mol. The van der Waals surface area contributed by atoms with Crippen molar-refractivity contribution in [3.63, 3.8) is 0 Å². The van der Waals surface area contributed by atoms with Crippen molar-refractivity contribution in [2.45, 2.75) is 30.7 Å². The molecule has 0 aromatic heterocycles. The minimum Gasteiger partial charge on any atom is -0.326 e. The van der Waals surface area contributed by atoms with Crippen LogP contribution in [0.3, 0.4) is 0 Å². The summed E-state index contributed by atoms with van der Waals surface area (Å²) in [5.41, 5.74) is 2.68. The number of piperidine rings is 1. The normalized spacial score (nSPS) is 19.6. The molecule has 0 bridgehead atoms. The van der Waals surface area contributed by atoms with Crippen molar-refractivity contribution in [2.24, 2.45) is 5.92 Å². The van der Waals surface area contributed by atoms with Crippen LogP contribution in [-0.4, -0.2) is 25.2 Å². The first kappa shape index (κ1) is 21.3. The lowest BCUT2D eigenvalue weighted by atomic mass is 9.90. The summed E-state index contributed by atoms with van der Waals surface area (Å²) in [4.78, 5) is 13.3. The maximum atomic E-state index is 13.5. The standard InChI is InChI=1S/C25H26N2O3S/c1-19-10-8-9-15-23(19)26-25(28)21-16-17-24(20-11-4-2-5-12-20)27(18-21)31(29,30)22-13-6-3-7-14-22/h2-15,21,24H,16-18H2,1H3,(H,26,28)/t21-,24-/m1/s1. The lowest BCUT2D eigenvalue weighted by Gasteiger charge is -2.38.